The summed E-state index contributed by atoms with van der Waals surface area (Å²) in [6.45, 7) is 0. The number of nitrogens with one attached hydrogen (secondary N) is 1. The first-order valence-electron chi connectivity index (χ1n) is 5.83. The van der Waals surface area contributed by atoms with E-state index in [2.05, 4.69) is 5.32 Å². The lowest BCUT2D eigenvalue weighted by molar-refractivity contribution is 0.0695. The van der Waals surface area contributed by atoms with Crippen molar-refractivity contribution < 1.29 is 14.3 Å². The van der Waals surface area contributed by atoms with Gasteiger partial charge in [0.25, 0.3) is 5.91 Å². The molecule has 2 rings (SSSR count). The molecule has 1 heterocycles. The van der Waals surface area contributed by atoms with Crippen LogP contribution in [0.3, 0.4) is 0 Å². The molecular weight excluding hydrogens is 238 g/mol. The van der Waals surface area contributed by atoms with Crippen molar-refractivity contribution in [3.05, 3.63) is 17.9 Å². The zero-order valence-corrected chi connectivity index (χ0v) is 10.6. The van der Waals surface area contributed by atoms with Crippen LogP contribution in [0.15, 0.2) is 21.6 Å². The number of rotatable bonds is 3. The summed E-state index contributed by atoms with van der Waals surface area (Å²) in [5.41, 5.74) is 0. The first kappa shape index (κ1) is 12.5. The van der Waals surface area contributed by atoms with Gasteiger partial charge in [-0.05, 0) is 31.2 Å². The van der Waals surface area contributed by atoms with Crippen LogP contribution in [-0.4, -0.2) is 29.4 Å². The molecule has 0 saturated heterocycles. The van der Waals surface area contributed by atoms with E-state index in [1.165, 1.54) is 11.8 Å². The summed E-state index contributed by atoms with van der Waals surface area (Å²) in [6.07, 6.45) is 5.15. The highest BCUT2D eigenvalue weighted by Crippen LogP contribution is 2.20. The van der Waals surface area contributed by atoms with Gasteiger partial charge >= 0.3 is 0 Å². The second-order valence-electron chi connectivity index (χ2n) is 4.25. The van der Waals surface area contributed by atoms with E-state index in [4.69, 9.17) is 4.42 Å². The molecule has 2 unspecified atom stereocenters. The first-order valence-corrected chi connectivity index (χ1v) is 7.06. The van der Waals surface area contributed by atoms with Gasteiger partial charge in [0.1, 0.15) is 0 Å². The van der Waals surface area contributed by atoms with Gasteiger partial charge in [0.05, 0.1) is 12.1 Å². The maximum Gasteiger partial charge on any atom is 0.287 e. The van der Waals surface area contributed by atoms with Crippen LogP contribution in [0.25, 0.3) is 0 Å². The molecule has 1 aliphatic rings. The molecule has 0 aromatic carbocycles. The fraction of sp³-hybridized carbons (Fsp3) is 0.583. The number of aliphatic hydroxyl groups excluding tert-OH is 1. The minimum absolute atomic E-state index is 0.140. The summed E-state index contributed by atoms with van der Waals surface area (Å²) < 4.78 is 5.34. The normalized spacial score (nSPS) is 24.6. The maximum atomic E-state index is 11.9. The lowest BCUT2D eigenvalue weighted by atomic mass is 9.92. The molecule has 1 aliphatic carbocycles. The van der Waals surface area contributed by atoms with E-state index in [9.17, 15) is 9.90 Å². The molecule has 1 aromatic rings. The van der Waals surface area contributed by atoms with Crippen LogP contribution in [0, 0.1) is 0 Å². The highest BCUT2D eigenvalue weighted by atomic mass is 32.2. The molecule has 1 amide bonds. The highest BCUT2D eigenvalue weighted by molar-refractivity contribution is 7.98. The number of hydrogen-bond acceptors (Lipinski definition) is 4. The number of hydrogen-bond donors (Lipinski definition) is 2. The Morgan fingerprint density at radius 3 is 2.88 bits per heavy atom. The van der Waals surface area contributed by atoms with E-state index in [-0.39, 0.29) is 11.9 Å². The lowest BCUT2D eigenvalue weighted by Crippen LogP contribution is -2.44. The smallest absolute Gasteiger partial charge is 0.287 e. The Labute approximate surface area is 105 Å². The quantitative estimate of drug-likeness (QED) is 0.811. The molecule has 0 spiro atoms. The van der Waals surface area contributed by atoms with Gasteiger partial charge < -0.3 is 14.8 Å². The van der Waals surface area contributed by atoms with Crippen LogP contribution in [0.5, 0.6) is 0 Å². The number of carbonyl (C=O) groups is 1. The molecule has 4 nitrogen and oxygen atoms in total. The lowest BCUT2D eigenvalue weighted by Gasteiger charge is -2.27. The molecule has 0 radical (unpaired) electrons. The average Bonchev–Trinajstić information content (AvgIpc) is 2.81. The van der Waals surface area contributed by atoms with Crippen molar-refractivity contribution in [3.8, 4) is 0 Å². The van der Waals surface area contributed by atoms with E-state index in [1.807, 2.05) is 6.26 Å². The Bertz CT molecular complexity index is 391. The molecule has 17 heavy (non-hydrogen) atoms. The third-order valence-electron chi connectivity index (χ3n) is 3.05. The van der Waals surface area contributed by atoms with Crippen LogP contribution < -0.4 is 5.32 Å². The van der Waals surface area contributed by atoms with Gasteiger partial charge in [0.2, 0.25) is 0 Å². The van der Waals surface area contributed by atoms with Crippen molar-refractivity contribution in [3.63, 3.8) is 0 Å². The zero-order valence-electron chi connectivity index (χ0n) is 9.81. The Kier molecular flexibility index (Phi) is 4.12. The van der Waals surface area contributed by atoms with Crippen LogP contribution in [0.4, 0.5) is 0 Å². The summed E-state index contributed by atoms with van der Waals surface area (Å²) in [5, 5.41) is 13.3. The van der Waals surface area contributed by atoms with Gasteiger partial charge in [0.15, 0.2) is 10.9 Å². The summed E-state index contributed by atoms with van der Waals surface area (Å²) in [6, 6.07) is 3.30. The van der Waals surface area contributed by atoms with Gasteiger partial charge in [-0.25, -0.2) is 0 Å². The van der Waals surface area contributed by atoms with Gasteiger partial charge in [-0.1, -0.05) is 24.6 Å². The topological polar surface area (TPSA) is 62.5 Å². The molecule has 2 atom stereocenters. The second kappa shape index (κ2) is 5.60. The minimum Gasteiger partial charge on any atom is -0.445 e. The van der Waals surface area contributed by atoms with Gasteiger partial charge in [-0.3, -0.25) is 4.79 Å². The summed E-state index contributed by atoms with van der Waals surface area (Å²) in [7, 11) is 0. The molecule has 5 heteroatoms. The predicted octanol–water partition coefficient (Wildman–Crippen LogP) is 2.03. The number of carbonyl (C=O) groups excluding carboxylic acids is 1. The summed E-state index contributed by atoms with van der Waals surface area (Å²) in [5.74, 6) is 0.0726. The molecule has 2 N–H and O–H groups in total. The number of furan rings is 1. The summed E-state index contributed by atoms with van der Waals surface area (Å²) >= 11 is 1.46. The van der Waals surface area contributed by atoms with Crippen LogP contribution in [-0.2, 0) is 0 Å². The first-order chi connectivity index (χ1) is 8.20. The second-order valence-corrected chi connectivity index (χ2v) is 5.07. The third kappa shape index (κ3) is 3.04. The predicted molar refractivity (Wildman–Crippen MR) is 66.2 cm³/mol. The third-order valence-corrected chi connectivity index (χ3v) is 3.67. The highest BCUT2D eigenvalue weighted by Gasteiger charge is 2.25. The van der Waals surface area contributed by atoms with E-state index in [1.54, 1.807) is 12.1 Å². The Balaban J connectivity index is 1.96. The minimum atomic E-state index is -0.428. The molecule has 1 aromatic heterocycles. The maximum absolute atomic E-state index is 11.9. The Morgan fingerprint density at radius 1 is 1.47 bits per heavy atom. The van der Waals surface area contributed by atoms with Crippen molar-refractivity contribution in [1.82, 2.24) is 5.32 Å². The van der Waals surface area contributed by atoms with Crippen LogP contribution >= 0.6 is 11.8 Å². The molecule has 0 aliphatic heterocycles. The fourth-order valence-electron chi connectivity index (χ4n) is 2.07. The largest absolute Gasteiger partial charge is 0.445 e. The van der Waals surface area contributed by atoms with Crippen molar-refractivity contribution in [2.45, 2.75) is 42.9 Å². The number of amides is 1. The van der Waals surface area contributed by atoms with E-state index >= 15 is 0 Å². The van der Waals surface area contributed by atoms with Crippen molar-refractivity contribution >= 4 is 17.7 Å². The van der Waals surface area contributed by atoms with Gasteiger partial charge in [-0.15, -0.1) is 0 Å². The number of thioether (sulfide) groups is 1. The standard InChI is InChI=1S/C12H17NO3S/c1-17-11-7-6-10(16-11)12(15)13-8-4-2-3-5-9(8)14/h6-9,14H,2-5H2,1H3,(H,13,15). The average molecular weight is 255 g/mol. The van der Waals surface area contributed by atoms with E-state index in [0.29, 0.717) is 5.76 Å². The SMILES string of the molecule is CSc1ccc(C(=O)NC2CCCCC2O)o1. The molecule has 0 bridgehead atoms. The van der Waals surface area contributed by atoms with Crippen molar-refractivity contribution in [2.24, 2.45) is 0 Å². The van der Waals surface area contributed by atoms with Gasteiger partial charge in [0, 0.05) is 0 Å². The molecule has 1 fully saturated rings. The van der Waals surface area contributed by atoms with E-state index < -0.39 is 6.10 Å². The monoisotopic (exact) mass is 255 g/mol. The van der Waals surface area contributed by atoms with Crippen molar-refractivity contribution in [2.75, 3.05) is 6.26 Å². The van der Waals surface area contributed by atoms with E-state index in [0.717, 1.165) is 30.8 Å². The van der Waals surface area contributed by atoms with Crippen LogP contribution in [0.2, 0.25) is 0 Å². The Morgan fingerprint density at radius 2 is 2.24 bits per heavy atom. The molecule has 94 valence electrons. The summed E-state index contributed by atoms with van der Waals surface area (Å²) in [4.78, 5) is 11.9. The molecular formula is C12H17NO3S. The molecule has 1 saturated carbocycles. The van der Waals surface area contributed by atoms with Crippen molar-refractivity contribution in [1.29, 1.82) is 0 Å². The van der Waals surface area contributed by atoms with Crippen LogP contribution in [0.1, 0.15) is 36.2 Å². The zero-order chi connectivity index (χ0) is 12.3. The fourth-order valence-corrected chi connectivity index (χ4v) is 2.45. The van der Waals surface area contributed by atoms with Gasteiger partial charge in [-0.2, -0.15) is 0 Å². The Hall–Kier alpha value is -0.940. The number of aliphatic hydroxyl groups is 1.